The van der Waals surface area contributed by atoms with E-state index in [2.05, 4.69) is 35.6 Å². The third-order valence-electron chi connectivity index (χ3n) is 5.88. The van der Waals surface area contributed by atoms with Crippen molar-refractivity contribution in [2.24, 2.45) is 11.3 Å². The molecule has 1 aliphatic carbocycles. The first-order chi connectivity index (χ1) is 14.2. The van der Waals surface area contributed by atoms with Gasteiger partial charge in [0.05, 0.1) is 11.6 Å². The molecule has 2 atom stereocenters. The van der Waals surface area contributed by atoms with Crippen molar-refractivity contribution in [3.8, 4) is 5.75 Å². The van der Waals surface area contributed by atoms with Gasteiger partial charge in [0.2, 0.25) is 5.95 Å². The summed E-state index contributed by atoms with van der Waals surface area (Å²) in [7, 11) is 0. The summed E-state index contributed by atoms with van der Waals surface area (Å²) in [6.07, 6.45) is 3.47. The van der Waals surface area contributed by atoms with E-state index >= 15 is 0 Å². The Labute approximate surface area is 178 Å². The first-order valence-electron chi connectivity index (χ1n) is 10.9. The first kappa shape index (κ1) is 20.7. The normalized spacial score (nSPS) is 21.2. The van der Waals surface area contributed by atoms with Crippen LogP contribution >= 0.6 is 0 Å². The maximum Gasteiger partial charge on any atom is 0.208 e. The maximum absolute atomic E-state index is 14.6. The highest BCUT2D eigenvalue weighted by atomic mass is 19.1. The molecule has 4 nitrogen and oxygen atoms in total. The monoisotopic (exact) mass is 409 g/mol. The number of nitrogens with one attached hydrogen (secondary N) is 1. The van der Waals surface area contributed by atoms with Gasteiger partial charge in [-0.15, -0.1) is 0 Å². The van der Waals surface area contributed by atoms with Crippen LogP contribution < -0.4 is 10.1 Å². The number of fused-ring (bicyclic) bond motifs is 1. The van der Waals surface area contributed by atoms with Crippen molar-refractivity contribution >= 4 is 22.7 Å². The Morgan fingerprint density at radius 2 is 1.87 bits per heavy atom. The van der Waals surface area contributed by atoms with E-state index < -0.39 is 0 Å². The summed E-state index contributed by atoms with van der Waals surface area (Å²) in [5, 5.41) is 3.44. The molecule has 1 heterocycles. The Morgan fingerprint density at radius 1 is 1.13 bits per heavy atom. The van der Waals surface area contributed by atoms with Crippen molar-refractivity contribution in [1.82, 2.24) is 9.55 Å². The van der Waals surface area contributed by atoms with Crippen molar-refractivity contribution in [3.05, 3.63) is 48.3 Å². The van der Waals surface area contributed by atoms with Crippen LogP contribution in [0, 0.1) is 17.2 Å². The molecule has 5 heteroatoms. The zero-order valence-corrected chi connectivity index (χ0v) is 18.6. The minimum Gasteiger partial charge on any atom is -0.491 e. The lowest BCUT2D eigenvalue weighted by molar-refractivity contribution is 0.140. The van der Waals surface area contributed by atoms with Crippen molar-refractivity contribution in [1.29, 1.82) is 0 Å². The molecule has 3 aromatic rings. The van der Waals surface area contributed by atoms with Gasteiger partial charge in [-0.05, 0) is 80.8 Å². The highest BCUT2D eigenvalue weighted by Crippen LogP contribution is 2.46. The van der Waals surface area contributed by atoms with Crippen LogP contribution in [0.25, 0.3) is 11.0 Å². The molecule has 1 aliphatic rings. The zero-order valence-electron chi connectivity index (χ0n) is 18.6. The molecule has 0 spiro atoms. The average molecular weight is 410 g/mol. The van der Waals surface area contributed by atoms with Gasteiger partial charge in [-0.25, -0.2) is 9.37 Å². The number of ether oxygens (including phenoxy) is 1. The van der Waals surface area contributed by atoms with E-state index in [1.807, 2.05) is 44.2 Å². The van der Waals surface area contributed by atoms with Crippen LogP contribution in [0.15, 0.2) is 42.5 Å². The van der Waals surface area contributed by atoms with E-state index in [1.54, 1.807) is 6.07 Å². The van der Waals surface area contributed by atoms with Gasteiger partial charge < -0.3 is 14.6 Å². The second-order valence-electron chi connectivity index (χ2n) is 9.80. The maximum atomic E-state index is 14.6. The fourth-order valence-electron chi connectivity index (χ4n) is 5.05. The molecule has 0 amide bonds. The van der Waals surface area contributed by atoms with E-state index in [9.17, 15) is 4.39 Å². The van der Waals surface area contributed by atoms with Crippen molar-refractivity contribution in [2.45, 2.75) is 66.0 Å². The van der Waals surface area contributed by atoms with Crippen LogP contribution in [-0.4, -0.2) is 15.7 Å². The molecule has 30 heavy (non-hydrogen) atoms. The van der Waals surface area contributed by atoms with Crippen molar-refractivity contribution in [3.63, 3.8) is 0 Å². The summed E-state index contributed by atoms with van der Waals surface area (Å²) < 4.78 is 22.5. The number of aromatic nitrogens is 2. The molecule has 0 aliphatic heterocycles. The first-order valence-corrected chi connectivity index (χ1v) is 10.9. The second-order valence-corrected chi connectivity index (χ2v) is 9.80. The van der Waals surface area contributed by atoms with Gasteiger partial charge in [0.1, 0.15) is 11.3 Å². The number of nitrogens with zero attached hydrogens (tertiary/aromatic N) is 2. The minimum absolute atomic E-state index is 0.132. The van der Waals surface area contributed by atoms with E-state index in [-0.39, 0.29) is 23.4 Å². The van der Waals surface area contributed by atoms with E-state index in [4.69, 9.17) is 4.74 Å². The molecule has 2 aromatic carbocycles. The summed E-state index contributed by atoms with van der Waals surface area (Å²) in [6, 6.07) is 13.4. The highest BCUT2D eigenvalue weighted by Gasteiger charge is 2.34. The molecule has 4 rings (SSSR count). The molecular formula is C25H32FN3O. The topological polar surface area (TPSA) is 39.1 Å². The predicted molar refractivity (Wildman–Crippen MR) is 121 cm³/mol. The summed E-state index contributed by atoms with van der Waals surface area (Å²) in [5.41, 5.74) is 2.44. The van der Waals surface area contributed by atoms with Crippen LogP contribution in [0.4, 0.5) is 16.0 Å². The Balaban J connectivity index is 1.72. The van der Waals surface area contributed by atoms with Crippen molar-refractivity contribution in [2.75, 3.05) is 5.32 Å². The molecule has 1 saturated carbocycles. The third kappa shape index (κ3) is 4.30. The molecule has 1 aromatic heterocycles. The standard InChI is InChI=1S/C25H32FN3O/c1-16(2)30-20-11-9-18(10-12-20)27-24-28-23-21(26)7-6-8-22(23)29(24)19-13-17(3)14-25(4,5)15-19/h6-12,16-17,19H,13-15H2,1-5H3,(H,27,28)/t17?,19-/m0/s1. The van der Waals surface area contributed by atoms with E-state index in [1.165, 1.54) is 12.5 Å². The number of halogens is 1. The number of hydrogen-bond acceptors (Lipinski definition) is 3. The largest absolute Gasteiger partial charge is 0.491 e. The molecule has 0 radical (unpaired) electrons. The van der Waals surface area contributed by atoms with E-state index in [0.717, 1.165) is 29.8 Å². The summed E-state index contributed by atoms with van der Waals surface area (Å²) >= 11 is 0. The lowest BCUT2D eigenvalue weighted by atomic mass is 9.70. The quantitative estimate of drug-likeness (QED) is 0.489. The summed E-state index contributed by atoms with van der Waals surface area (Å²) in [5.74, 6) is 1.86. The lowest BCUT2D eigenvalue weighted by Gasteiger charge is -2.40. The Kier molecular flexibility index (Phi) is 5.48. The lowest BCUT2D eigenvalue weighted by Crippen LogP contribution is -2.29. The van der Waals surface area contributed by atoms with Gasteiger partial charge in [-0.1, -0.05) is 26.8 Å². The average Bonchev–Trinajstić information content (AvgIpc) is 3.00. The Morgan fingerprint density at radius 3 is 2.53 bits per heavy atom. The van der Waals surface area contributed by atoms with Gasteiger partial charge in [0, 0.05) is 11.7 Å². The summed E-state index contributed by atoms with van der Waals surface area (Å²) in [4.78, 5) is 4.67. The van der Waals surface area contributed by atoms with Gasteiger partial charge in [-0.2, -0.15) is 0 Å². The fraction of sp³-hybridized carbons (Fsp3) is 0.480. The highest BCUT2D eigenvalue weighted by molar-refractivity contribution is 5.80. The van der Waals surface area contributed by atoms with Crippen molar-refractivity contribution < 1.29 is 9.13 Å². The number of rotatable bonds is 5. The zero-order chi connectivity index (χ0) is 21.5. The van der Waals surface area contributed by atoms with Gasteiger partial charge in [0.25, 0.3) is 0 Å². The number of para-hydroxylation sites is 1. The van der Waals surface area contributed by atoms with Crippen LogP contribution in [0.1, 0.15) is 59.9 Å². The smallest absolute Gasteiger partial charge is 0.208 e. The molecule has 1 unspecified atom stereocenters. The number of imidazole rings is 1. The van der Waals surface area contributed by atoms with Gasteiger partial charge in [-0.3, -0.25) is 0 Å². The molecule has 160 valence electrons. The number of benzene rings is 2. The SMILES string of the molecule is CC1C[C@H](n2c(Nc3ccc(OC(C)C)cc3)nc3c(F)cccc32)CC(C)(C)C1. The second kappa shape index (κ2) is 7.93. The van der Waals surface area contributed by atoms with Gasteiger partial charge in [0.15, 0.2) is 5.82 Å². The molecule has 1 fully saturated rings. The Hall–Kier alpha value is -2.56. The molecular weight excluding hydrogens is 377 g/mol. The van der Waals surface area contributed by atoms with Crippen LogP contribution in [0.3, 0.4) is 0 Å². The molecule has 0 saturated heterocycles. The Bertz CT molecular complexity index is 1020. The number of hydrogen-bond donors (Lipinski definition) is 1. The van der Waals surface area contributed by atoms with E-state index in [0.29, 0.717) is 17.4 Å². The minimum atomic E-state index is -0.280. The molecule has 0 bridgehead atoms. The van der Waals surface area contributed by atoms with Gasteiger partial charge >= 0.3 is 0 Å². The number of anilines is 2. The van der Waals surface area contributed by atoms with Crippen LogP contribution in [-0.2, 0) is 0 Å². The molecule has 1 N–H and O–H groups in total. The fourth-order valence-corrected chi connectivity index (χ4v) is 5.05. The van der Waals surface area contributed by atoms with Crippen LogP contribution in [0.2, 0.25) is 0 Å². The van der Waals surface area contributed by atoms with Crippen LogP contribution in [0.5, 0.6) is 5.75 Å². The summed E-state index contributed by atoms with van der Waals surface area (Å²) in [6.45, 7) is 11.0. The predicted octanol–water partition coefficient (Wildman–Crippen LogP) is 7.09. The third-order valence-corrected chi connectivity index (χ3v) is 5.88.